The highest BCUT2D eigenvalue weighted by atomic mass is 35.5. The Labute approximate surface area is 158 Å². The van der Waals surface area contributed by atoms with Gasteiger partial charge in [0.15, 0.2) is 5.58 Å². The third-order valence-electron chi connectivity index (χ3n) is 5.24. The van der Waals surface area contributed by atoms with Crippen molar-refractivity contribution in [1.82, 2.24) is 19.9 Å². The maximum Gasteiger partial charge on any atom is 0.167 e. The number of rotatable bonds is 5. The van der Waals surface area contributed by atoms with Crippen LogP contribution in [0.15, 0.2) is 47.2 Å². The van der Waals surface area contributed by atoms with Gasteiger partial charge in [-0.05, 0) is 68.9 Å². The fourth-order valence-corrected chi connectivity index (χ4v) is 3.88. The van der Waals surface area contributed by atoms with E-state index in [4.69, 9.17) is 16.1 Å². The van der Waals surface area contributed by atoms with Crippen molar-refractivity contribution >= 4 is 22.6 Å². The SMILES string of the molecule is CN(Cc1noc2ccc(Cl)cc12)C1CCN(Cc2ccncc2)CC1. The summed E-state index contributed by atoms with van der Waals surface area (Å²) >= 11 is 6.12. The summed E-state index contributed by atoms with van der Waals surface area (Å²) in [6, 6.07) is 10.4. The highest BCUT2D eigenvalue weighted by Crippen LogP contribution is 2.25. The van der Waals surface area contributed by atoms with E-state index in [0.29, 0.717) is 11.1 Å². The molecule has 0 amide bonds. The Morgan fingerprint density at radius 3 is 2.73 bits per heavy atom. The molecule has 0 unspecified atom stereocenters. The summed E-state index contributed by atoms with van der Waals surface area (Å²) in [5.74, 6) is 0. The highest BCUT2D eigenvalue weighted by molar-refractivity contribution is 6.31. The Morgan fingerprint density at radius 2 is 1.96 bits per heavy atom. The lowest BCUT2D eigenvalue weighted by Gasteiger charge is -2.36. The van der Waals surface area contributed by atoms with Crippen LogP contribution in [-0.2, 0) is 13.1 Å². The third kappa shape index (κ3) is 3.90. The molecule has 3 aromatic rings. The zero-order valence-corrected chi connectivity index (χ0v) is 15.7. The molecule has 1 aliphatic heterocycles. The van der Waals surface area contributed by atoms with E-state index in [1.807, 2.05) is 30.6 Å². The van der Waals surface area contributed by atoms with Crippen LogP contribution in [0, 0.1) is 0 Å². The Balaban J connectivity index is 1.34. The summed E-state index contributed by atoms with van der Waals surface area (Å²) in [4.78, 5) is 9.00. The van der Waals surface area contributed by atoms with Gasteiger partial charge in [-0.25, -0.2) is 0 Å². The van der Waals surface area contributed by atoms with Crippen LogP contribution in [0.25, 0.3) is 11.0 Å². The Morgan fingerprint density at radius 1 is 1.19 bits per heavy atom. The largest absolute Gasteiger partial charge is 0.356 e. The van der Waals surface area contributed by atoms with Crippen molar-refractivity contribution in [3.63, 3.8) is 0 Å². The van der Waals surface area contributed by atoms with E-state index in [9.17, 15) is 0 Å². The minimum absolute atomic E-state index is 0.564. The van der Waals surface area contributed by atoms with Gasteiger partial charge < -0.3 is 4.52 Å². The summed E-state index contributed by atoms with van der Waals surface area (Å²) in [5.41, 5.74) is 3.09. The smallest absolute Gasteiger partial charge is 0.167 e. The van der Waals surface area contributed by atoms with Crippen LogP contribution in [0.3, 0.4) is 0 Å². The van der Waals surface area contributed by atoms with Gasteiger partial charge in [0.1, 0.15) is 5.69 Å². The van der Waals surface area contributed by atoms with Crippen LogP contribution in [0.4, 0.5) is 0 Å². The number of hydrogen-bond acceptors (Lipinski definition) is 5. The lowest BCUT2D eigenvalue weighted by atomic mass is 10.0. The first-order valence-electron chi connectivity index (χ1n) is 9.04. The minimum atomic E-state index is 0.564. The molecule has 2 aromatic heterocycles. The number of pyridine rings is 1. The molecule has 0 spiro atoms. The van der Waals surface area contributed by atoms with E-state index in [1.165, 1.54) is 5.56 Å². The first-order chi connectivity index (χ1) is 12.7. The molecule has 3 heterocycles. The van der Waals surface area contributed by atoms with Gasteiger partial charge in [0.2, 0.25) is 0 Å². The summed E-state index contributed by atoms with van der Waals surface area (Å²) in [7, 11) is 2.17. The zero-order chi connectivity index (χ0) is 17.9. The maximum absolute atomic E-state index is 6.12. The number of fused-ring (bicyclic) bond motifs is 1. The molecule has 1 fully saturated rings. The van der Waals surface area contributed by atoms with Crippen LogP contribution in [0.1, 0.15) is 24.1 Å². The number of piperidine rings is 1. The molecule has 5 nitrogen and oxygen atoms in total. The molecule has 6 heteroatoms. The van der Waals surface area contributed by atoms with Crippen molar-refractivity contribution < 1.29 is 4.52 Å². The molecular formula is C20H23ClN4O. The summed E-state index contributed by atoms with van der Waals surface area (Å²) in [6.07, 6.45) is 6.06. The molecule has 0 saturated carbocycles. The average Bonchev–Trinajstić information content (AvgIpc) is 3.05. The molecule has 136 valence electrons. The maximum atomic E-state index is 6.12. The molecule has 26 heavy (non-hydrogen) atoms. The molecule has 0 atom stereocenters. The average molecular weight is 371 g/mol. The number of halogens is 1. The van der Waals surface area contributed by atoms with Gasteiger partial charge in [0.05, 0.1) is 0 Å². The molecule has 0 N–H and O–H groups in total. The Bertz CT molecular complexity index is 859. The monoisotopic (exact) mass is 370 g/mol. The number of hydrogen-bond donors (Lipinski definition) is 0. The second-order valence-electron chi connectivity index (χ2n) is 7.05. The molecule has 1 aliphatic rings. The van der Waals surface area contributed by atoms with Crippen molar-refractivity contribution in [3.8, 4) is 0 Å². The molecular weight excluding hydrogens is 348 g/mol. The van der Waals surface area contributed by atoms with Crippen LogP contribution in [0.5, 0.6) is 0 Å². The summed E-state index contributed by atoms with van der Waals surface area (Å²) < 4.78 is 5.43. The van der Waals surface area contributed by atoms with E-state index in [1.54, 1.807) is 0 Å². The van der Waals surface area contributed by atoms with Crippen molar-refractivity contribution in [2.45, 2.75) is 32.0 Å². The van der Waals surface area contributed by atoms with Gasteiger partial charge in [-0.1, -0.05) is 16.8 Å². The molecule has 4 rings (SSSR count). The van der Waals surface area contributed by atoms with E-state index in [2.05, 4.69) is 39.1 Å². The van der Waals surface area contributed by atoms with Crippen LogP contribution < -0.4 is 0 Å². The zero-order valence-electron chi connectivity index (χ0n) is 14.9. The lowest BCUT2D eigenvalue weighted by molar-refractivity contribution is 0.118. The second kappa shape index (κ2) is 7.74. The number of benzene rings is 1. The number of likely N-dealkylation sites (tertiary alicyclic amines) is 1. The van der Waals surface area contributed by atoms with Crippen LogP contribution in [-0.4, -0.2) is 46.1 Å². The second-order valence-corrected chi connectivity index (χ2v) is 7.48. The van der Waals surface area contributed by atoms with E-state index in [-0.39, 0.29) is 0 Å². The molecule has 0 bridgehead atoms. The minimum Gasteiger partial charge on any atom is -0.356 e. The fourth-order valence-electron chi connectivity index (χ4n) is 3.70. The topological polar surface area (TPSA) is 45.4 Å². The molecule has 1 saturated heterocycles. The van der Waals surface area contributed by atoms with Gasteiger partial charge in [-0.15, -0.1) is 0 Å². The number of nitrogens with zero attached hydrogens (tertiary/aromatic N) is 4. The van der Waals surface area contributed by atoms with Crippen LogP contribution >= 0.6 is 11.6 Å². The van der Waals surface area contributed by atoms with Crippen LogP contribution in [0.2, 0.25) is 5.02 Å². The molecule has 1 aromatic carbocycles. The van der Waals surface area contributed by atoms with Gasteiger partial charge >= 0.3 is 0 Å². The quantitative estimate of drug-likeness (QED) is 0.680. The first kappa shape index (κ1) is 17.5. The highest BCUT2D eigenvalue weighted by Gasteiger charge is 2.23. The fraction of sp³-hybridized carbons (Fsp3) is 0.400. The predicted octanol–water partition coefficient (Wildman–Crippen LogP) is 3.97. The summed E-state index contributed by atoms with van der Waals surface area (Å²) in [5, 5.41) is 5.98. The van der Waals surface area contributed by atoms with Gasteiger partial charge in [0.25, 0.3) is 0 Å². The van der Waals surface area contributed by atoms with E-state index < -0.39 is 0 Å². The van der Waals surface area contributed by atoms with E-state index >= 15 is 0 Å². The van der Waals surface area contributed by atoms with Crippen molar-refractivity contribution in [1.29, 1.82) is 0 Å². The van der Waals surface area contributed by atoms with Crippen molar-refractivity contribution in [2.75, 3.05) is 20.1 Å². The third-order valence-corrected chi connectivity index (χ3v) is 5.48. The number of aromatic nitrogens is 2. The van der Waals surface area contributed by atoms with Crippen molar-refractivity contribution in [2.24, 2.45) is 0 Å². The van der Waals surface area contributed by atoms with Gasteiger partial charge in [0, 0.05) is 41.9 Å². The molecule has 0 radical (unpaired) electrons. The summed E-state index contributed by atoms with van der Waals surface area (Å²) in [6.45, 7) is 4.01. The van der Waals surface area contributed by atoms with Gasteiger partial charge in [-0.2, -0.15) is 0 Å². The first-order valence-corrected chi connectivity index (χ1v) is 9.42. The Hall–Kier alpha value is -1.95. The predicted molar refractivity (Wildman–Crippen MR) is 103 cm³/mol. The van der Waals surface area contributed by atoms with E-state index in [0.717, 1.165) is 55.7 Å². The standard InChI is InChI=1S/C20H23ClN4O/c1-24(14-19-18-12-16(21)2-3-20(18)26-23-19)17-6-10-25(11-7-17)13-15-4-8-22-9-5-15/h2-5,8-9,12,17H,6-7,10-11,13-14H2,1H3. The normalized spacial score (nSPS) is 16.6. The molecule has 0 aliphatic carbocycles. The van der Waals surface area contributed by atoms with Crippen molar-refractivity contribution in [3.05, 3.63) is 59.0 Å². The lowest BCUT2D eigenvalue weighted by Crippen LogP contribution is -2.42. The van der Waals surface area contributed by atoms with Gasteiger partial charge in [-0.3, -0.25) is 14.8 Å². The Kier molecular flexibility index (Phi) is 5.20.